The molecule has 2 atom stereocenters. The number of aryl methyl sites for hydroxylation is 1. The first-order valence-corrected chi connectivity index (χ1v) is 6.41. The van der Waals surface area contributed by atoms with Crippen molar-refractivity contribution in [3.05, 3.63) is 17.5 Å². The summed E-state index contributed by atoms with van der Waals surface area (Å²) in [5, 5.41) is 0. The molecule has 0 saturated carbocycles. The fourth-order valence-electron chi connectivity index (χ4n) is 2.55. The van der Waals surface area contributed by atoms with Gasteiger partial charge in [0.25, 0.3) is 0 Å². The van der Waals surface area contributed by atoms with E-state index >= 15 is 0 Å². The highest BCUT2D eigenvalue weighted by molar-refractivity contribution is 5.34. The Morgan fingerprint density at radius 3 is 2.82 bits per heavy atom. The molecule has 0 spiro atoms. The van der Waals surface area contributed by atoms with Gasteiger partial charge in [0, 0.05) is 24.8 Å². The molecule has 4 nitrogen and oxygen atoms in total. The van der Waals surface area contributed by atoms with Gasteiger partial charge >= 0.3 is 0 Å². The Bertz CT molecular complexity index is 391. The number of nitrogens with zero attached hydrogens (tertiary/aromatic N) is 3. The van der Waals surface area contributed by atoms with Crippen molar-refractivity contribution in [3.63, 3.8) is 0 Å². The first-order valence-electron chi connectivity index (χ1n) is 6.41. The molecule has 0 aliphatic carbocycles. The third kappa shape index (κ3) is 2.75. The van der Waals surface area contributed by atoms with Crippen LogP contribution in [-0.2, 0) is 6.54 Å². The quantitative estimate of drug-likeness (QED) is 0.848. The van der Waals surface area contributed by atoms with Crippen molar-refractivity contribution in [2.24, 2.45) is 11.7 Å². The molecule has 4 heteroatoms. The Kier molecular flexibility index (Phi) is 3.62. The van der Waals surface area contributed by atoms with Gasteiger partial charge in [-0.2, -0.15) is 0 Å². The van der Waals surface area contributed by atoms with Crippen molar-refractivity contribution in [2.45, 2.75) is 46.2 Å². The Morgan fingerprint density at radius 1 is 1.41 bits per heavy atom. The third-order valence-corrected chi connectivity index (χ3v) is 3.50. The summed E-state index contributed by atoms with van der Waals surface area (Å²) < 4.78 is 0. The molecule has 0 aromatic carbocycles. The summed E-state index contributed by atoms with van der Waals surface area (Å²) in [6, 6.07) is 2.48. The van der Waals surface area contributed by atoms with E-state index < -0.39 is 0 Å². The van der Waals surface area contributed by atoms with Crippen LogP contribution in [0.25, 0.3) is 0 Å². The van der Waals surface area contributed by atoms with Gasteiger partial charge in [-0.25, -0.2) is 9.97 Å². The van der Waals surface area contributed by atoms with E-state index in [0.29, 0.717) is 12.6 Å². The Balaban J connectivity index is 2.24. The largest absolute Gasteiger partial charge is 0.338 e. The molecular weight excluding hydrogens is 212 g/mol. The molecule has 1 aliphatic rings. The number of hydrogen-bond acceptors (Lipinski definition) is 4. The number of piperidine rings is 1. The van der Waals surface area contributed by atoms with Crippen LogP contribution in [0.4, 0.5) is 5.95 Å². The van der Waals surface area contributed by atoms with Crippen LogP contribution < -0.4 is 10.6 Å². The van der Waals surface area contributed by atoms with Crippen molar-refractivity contribution in [2.75, 3.05) is 11.4 Å². The summed E-state index contributed by atoms with van der Waals surface area (Å²) in [6.45, 7) is 8.10. The lowest BCUT2D eigenvalue weighted by Gasteiger charge is -2.36. The number of rotatable bonds is 2. The van der Waals surface area contributed by atoms with Gasteiger partial charge in [0.2, 0.25) is 5.95 Å². The van der Waals surface area contributed by atoms with E-state index in [0.717, 1.165) is 29.8 Å². The highest BCUT2D eigenvalue weighted by Crippen LogP contribution is 2.25. The van der Waals surface area contributed by atoms with Crippen molar-refractivity contribution in [3.8, 4) is 0 Å². The Morgan fingerprint density at radius 2 is 2.18 bits per heavy atom. The summed E-state index contributed by atoms with van der Waals surface area (Å²) >= 11 is 0. The van der Waals surface area contributed by atoms with E-state index in [1.165, 1.54) is 12.8 Å². The lowest BCUT2D eigenvalue weighted by atomic mass is 9.94. The van der Waals surface area contributed by atoms with E-state index in [1.807, 2.05) is 13.0 Å². The molecule has 0 amide bonds. The number of aromatic nitrogens is 2. The second kappa shape index (κ2) is 5.00. The lowest BCUT2D eigenvalue weighted by Crippen LogP contribution is -2.41. The Hall–Kier alpha value is -1.16. The molecule has 0 radical (unpaired) electrons. The minimum atomic E-state index is 0.481. The molecule has 2 heterocycles. The maximum absolute atomic E-state index is 5.67. The average molecular weight is 234 g/mol. The highest BCUT2D eigenvalue weighted by Gasteiger charge is 2.24. The molecule has 1 aromatic heterocycles. The van der Waals surface area contributed by atoms with Gasteiger partial charge in [0.15, 0.2) is 0 Å². The molecule has 1 aliphatic heterocycles. The number of hydrogen-bond donors (Lipinski definition) is 1. The van der Waals surface area contributed by atoms with Crippen LogP contribution in [-0.4, -0.2) is 22.6 Å². The van der Waals surface area contributed by atoms with Crippen LogP contribution in [0.1, 0.15) is 38.1 Å². The molecule has 2 rings (SSSR count). The predicted molar refractivity (Wildman–Crippen MR) is 69.9 cm³/mol. The van der Waals surface area contributed by atoms with Crippen LogP contribution >= 0.6 is 0 Å². The molecule has 94 valence electrons. The van der Waals surface area contributed by atoms with Gasteiger partial charge in [0.05, 0.1) is 5.69 Å². The van der Waals surface area contributed by atoms with Crippen LogP contribution in [0, 0.1) is 12.8 Å². The molecule has 0 bridgehead atoms. The van der Waals surface area contributed by atoms with Crippen molar-refractivity contribution in [1.29, 1.82) is 0 Å². The SMILES string of the molecule is Cc1cc(CN)nc(N2CCC(C)CC2C)n1. The van der Waals surface area contributed by atoms with E-state index in [1.54, 1.807) is 0 Å². The highest BCUT2D eigenvalue weighted by atomic mass is 15.3. The summed E-state index contributed by atoms with van der Waals surface area (Å²) in [6.07, 6.45) is 2.44. The maximum Gasteiger partial charge on any atom is 0.226 e. The molecule has 1 fully saturated rings. The first kappa shape index (κ1) is 12.3. The molecule has 17 heavy (non-hydrogen) atoms. The second-order valence-electron chi connectivity index (χ2n) is 5.18. The van der Waals surface area contributed by atoms with E-state index in [-0.39, 0.29) is 0 Å². The minimum absolute atomic E-state index is 0.481. The van der Waals surface area contributed by atoms with Gasteiger partial charge in [-0.05, 0) is 38.7 Å². The lowest BCUT2D eigenvalue weighted by molar-refractivity contribution is 0.373. The van der Waals surface area contributed by atoms with Gasteiger partial charge in [0.1, 0.15) is 0 Å². The van der Waals surface area contributed by atoms with E-state index in [9.17, 15) is 0 Å². The standard InChI is InChI=1S/C13H22N4/c1-9-4-5-17(11(3)6-9)13-15-10(2)7-12(8-14)16-13/h7,9,11H,4-6,8,14H2,1-3H3. The molecular formula is C13H22N4. The molecule has 1 saturated heterocycles. The fourth-order valence-corrected chi connectivity index (χ4v) is 2.55. The summed E-state index contributed by atoms with van der Waals surface area (Å²) in [7, 11) is 0. The van der Waals surface area contributed by atoms with Crippen LogP contribution in [0.5, 0.6) is 0 Å². The zero-order chi connectivity index (χ0) is 12.4. The van der Waals surface area contributed by atoms with Crippen LogP contribution in [0.2, 0.25) is 0 Å². The number of nitrogens with two attached hydrogens (primary N) is 1. The predicted octanol–water partition coefficient (Wildman–Crippen LogP) is 1.87. The van der Waals surface area contributed by atoms with Crippen LogP contribution in [0.3, 0.4) is 0 Å². The molecule has 2 unspecified atom stereocenters. The minimum Gasteiger partial charge on any atom is -0.338 e. The van der Waals surface area contributed by atoms with Crippen molar-refractivity contribution >= 4 is 5.95 Å². The van der Waals surface area contributed by atoms with Crippen molar-refractivity contribution in [1.82, 2.24) is 9.97 Å². The normalized spacial score (nSPS) is 25.1. The summed E-state index contributed by atoms with van der Waals surface area (Å²) in [5.74, 6) is 1.66. The van der Waals surface area contributed by atoms with Gasteiger partial charge in [-0.3, -0.25) is 0 Å². The Labute approximate surface area is 103 Å². The first-order chi connectivity index (χ1) is 8.10. The average Bonchev–Trinajstić information content (AvgIpc) is 2.28. The van der Waals surface area contributed by atoms with Gasteiger partial charge in [-0.15, -0.1) is 0 Å². The topological polar surface area (TPSA) is 55.0 Å². The molecule has 1 aromatic rings. The maximum atomic E-state index is 5.67. The zero-order valence-corrected chi connectivity index (χ0v) is 11.0. The van der Waals surface area contributed by atoms with Gasteiger partial charge in [-0.1, -0.05) is 6.92 Å². The number of anilines is 1. The van der Waals surface area contributed by atoms with Gasteiger partial charge < -0.3 is 10.6 Å². The van der Waals surface area contributed by atoms with E-state index in [4.69, 9.17) is 5.73 Å². The van der Waals surface area contributed by atoms with Crippen molar-refractivity contribution < 1.29 is 0 Å². The smallest absolute Gasteiger partial charge is 0.226 e. The summed E-state index contributed by atoms with van der Waals surface area (Å²) in [4.78, 5) is 11.4. The molecule has 2 N–H and O–H groups in total. The summed E-state index contributed by atoms with van der Waals surface area (Å²) in [5.41, 5.74) is 7.60. The second-order valence-corrected chi connectivity index (χ2v) is 5.18. The zero-order valence-electron chi connectivity index (χ0n) is 11.0. The van der Waals surface area contributed by atoms with Crippen LogP contribution in [0.15, 0.2) is 6.07 Å². The monoisotopic (exact) mass is 234 g/mol. The fraction of sp³-hybridized carbons (Fsp3) is 0.692. The van der Waals surface area contributed by atoms with E-state index in [2.05, 4.69) is 28.7 Å². The third-order valence-electron chi connectivity index (χ3n) is 3.50.